The fourth-order valence-corrected chi connectivity index (χ4v) is 3.35. The maximum Gasteiger partial charge on any atom is 0.274 e. The lowest BCUT2D eigenvalue weighted by Gasteiger charge is -2.26. The van der Waals surface area contributed by atoms with Gasteiger partial charge in [0.2, 0.25) is 0 Å². The third-order valence-corrected chi connectivity index (χ3v) is 5.01. The molecule has 0 unspecified atom stereocenters. The molecule has 1 N–H and O–H groups in total. The number of nitrogens with one attached hydrogen (secondary N) is 1. The lowest BCUT2D eigenvalue weighted by Crippen LogP contribution is -2.37. The highest BCUT2D eigenvalue weighted by Crippen LogP contribution is 2.16. The molecule has 2 aromatic heterocycles. The number of hydrogen-bond donors (Lipinski definition) is 1. The van der Waals surface area contributed by atoms with Gasteiger partial charge in [0, 0.05) is 31.5 Å². The van der Waals surface area contributed by atoms with Gasteiger partial charge < -0.3 is 10.1 Å². The number of ether oxygens (including phenoxy) is 1. The largest absolute Gasteiger partial charge is 0.379 e. The summed E-state index contributed by atoms with van der Waals surface area (Å²) in [5.74, 6) is -0.151. The van der Waals surface area contributed by atoms with E-state index in [0.717, 1.165) is 56.2 Å². The monoisotopic (exact) mass is 364 g/mol. The molecule has 0 radical (unpaired) electrons. The number of amides is 1. The number of anilines is 1. The highest BCUT2D eigenvalue weighted by Gasteiger charge is 2.14. The van der Waals surface area contributed by atoms with Gasteiger partial charge in [0.1, 0.15) is 11.3 Å². The topological polar surface area (TPSA) is 58.9 Å². The zero-order valence-corrected chi connectivity index (χ0v) is 15.5. The number of morpholine rings is 1. The summed E-state index contributed by atoms with van der Waals surface area (Å²) in [7, 11) is 0. The van der Waals surface area contributed by atoms with Crippen LogP contribution in [-0.4, -0.2) is 53.0 Å². The first-order chi connectivity index (χ1) is 13.2. The van der Waals surface area contributed by atoms with Crippen molar-refractivity contribution in [2.24, 2.45) is 0 Å². The number of hydrogen-bond acceptors (Lipinski definition) is 4. The van der Waals surface area contributed by atoms with Gasteiger partial charge in [-0.3, -0.25) is 14.1 Å². The first-order valence-corrected chi connectivity index (χ1v) is 9.34. The highest BCUT2D eigenvalue weighted by atomic mass is 16.5. The van der Waals surface area contributed by atoms with E-state index in [1.807, 2.05) is 47.9 Å². The van der Waals surface area contributed by atoms with Crippen LogP contribution in [0.3, 0.4) is 0 Å². The molecule has 6 heteroatoms. The molecule has 3 aromatic rings. The van der Waals surface area contributed by atoms with Gasteiger partial charge in [0.05, 0.1) is 19.4 Å². The molecule has 1 fully saturated rings. The number of carbonyl (C=O) groups excluding carboxylic acids is 1. The number of nitrogens with zero attached hydrogens (tertiary/aromatic N) is 3. The molecular weight excluding hydrogens is 340 g/mol. The number of rotatable bonds is 5. The van der Waals surface area contributed by atoms with Crippen LogP contribution < -0.4 is 5.32 Å². The first kappa shape index (κ1) is 17.7. The molecule has 3 heterocycles. The van der Waals surface area contributed by atoms with Crippen LogP contribution in [0.15, 0.2) is 48.8 Å². The molecule has 1 aliphatic heterocycles. The fourth-order valence-electron chi connectivity index (χ4n) is 3.35. The van der Waals surface area contributed by atoms with Crippen LogP contribution in [0.2, 0.25) is 0 Å². The van der Waals surface area contributed by atoms with E-state index >= 15 is 0 Å². The Labute approximate surface area is 158 Å². The fraction of sp³-hybridized carbons (Fsp3) is 0.333. The molecule has 0 atom stereocenters. The Morgan fingerprint density at radius 2 is 2.00 bits per heavy atom. The lowest BCUT2D eigenvalue weighted by molar-refractivity contribution is 0.0384. The number of aryl methyl sites for hydroxylation is 1. The van der Waals surface area contributed by atoms with Gasteiger partial charge in [-0.25, -0.2) is 4.98 Å². The summed E-state index contributed by atoms with van der Waals surface area (Å²) in [6, 6.07) is 11.8. The Balaban J connectivity index is 1.51. The molecule has 4 rings (SSSR count). The molecule has 140 valence electrons. The van der Waals surface area contributed by atoms with Crippen LogP contribution in [-0.2, 0) is 11.2 Å². The Morgan fingerprint density at radius 1 is 1.19 bits per heavy atom. The van der Waals surface area contributed by atoms with Gasteiger partial charge in [-0.15, -0.1) is 0 Å². The van der Waals surface area contributed by atoms with Crippen LogP contribution in [0.25, 0.3) is 5.65 Å². The molecule has 1 saturated heterocycles. The van der Waals surface area contributed by atoms with Crippen LogP contribution in [0.4, 0.5) is 5.69 Å². The predicted molar refractivity (Wildman–Crippen MR) is 105 cm³/mol. The second kappa shape index (κ2) is 7.90. The SMILES string of the molecule is Cc1ccccc1NC(=O)c1cnc2ccc(CCN3CCOCC3)cn12. The average molecular weight is 364 g/mol. The number of para-hydroxylation sites is 1. The van der Waals surface area contributed by atoms with Crippen LogP contribution in [0, 0.1) is 6.92 Å². The van der Waals surface area contributed by atoms with Crippen molar-refractivity contribution in [3.63, 3.8) is 0 Å². The minimum absolute atomic E-state index is 0.151. The Hall–Kier alpha value is -2.70. The van der Waals surface area contributed by atoms with Crippen molar-refractivity contribution in [1.29, 1.82) is 0 Å². The molecule has 27 heavy (non-hydrogen) atoms. The van der Waals surface area contributed by atoms with E-state index in [4.69, 9.17) is 4.74 Å². The third kappa shape index (κ3) is 4.02. The standard InChI is InChI=1S/C21H24N4O2/c1-16-4-2-3-5-18(16)23-21(26)19-14-22-20-7-6-17(15-25(19)20)8-9-24-10-12-27-13-11-24/h2-7,14-15H,8-13H2,1H3,(H,23,26). The van der Waals surface area contributed by atoms with Crippen LogP contribution >= 0.6 is 0 Å². The summed E-state index contributed by atoms with van der Waals surface area (Å²) >= 11 is 0. The minimum atomic E-state index is -0.151. The Bertz CT molecular complexity index is 944. The van der Waals surface area contributed by atoms with Crippen LogP contribution in [0.1, 0.15) is 21.6 Å². The molecule has 0 saturated carbocycles. The Morgan fingerprint density at radius 3 is 2.81 bits per heavy atom. The summed E-state index contributed by atoms with van der Waals surface area (Å²) in [6.07, 6.45) is 4.59. The summed E-state index contributed by atoms with van der Waals surface area (Å²) in [6.45, 7) is 6.56. The molecule has 1 aliphatic rings. The van der Waals surface area contributed by atoms with Crippen LogP contribution in [0.5, 0.6) is 0 Å². The minimum Gasteiger partial charge on any atom is -0.379 e. The highest BCUT2D eigenvalue weighted by molar-refractivity contribution is 6.03. The van der Waals surface area contributed by atoms with E-state index < -0.39 is 0 Å². The molecule has 1 amide bonds. The molecular formula is C21H24N4O2. The molecule has 0 bridgehead atoms. The van der Waals surface area contributed by atoms with Gasteiger partial charge in [0.15, 0.2) is 0 Å². The smallest absolute Gasteiger partial charge is 0.274 e. The third-order valence-electron chi connectivity index (χ3n) is 5.01. The van der Waals surface area contributed by atoms with E-state index in [9.17, 15) is 4.79 Å². The molecule has 0 aliphatic carbocycles. The lowest BCUT2D eigenvalue weighted by atomic mass is 10.2. The summed E-state index contributed by atoms with van der Waals surface area (Å²) < 4.78 is 7.28. The Kier molecular flexibility index (Phi) is 5.18. The molecule has 1 aromatic carbocycles. The number of pyridine rings is 1. The quantitative estimate of drug-likeness (QED) is 0.756. The van der Waals surface area contributed by atoms with Crippen molar-refractivity contribution < 1.29 is 9.53 Å². The zero-order valence-electron chi connectivity index (χ0n) is 15.5. The van der Waals surface area contributed by atoms with Crippen molar-refractivity contribution in [1.82, 2.24) is 14.3 Å². The number of benzene rings is 1. The predicted octanol–water partition coefficient (Wildman–Crippen LogP) is 2.77. The van der Waals surface area contributed by atoms with Crippen molar-refractivity contribution >= 4 is 17.2 Å². The summed E-state index contributed by atoms with van der Waals surface area (Å²) in [4.78, 5) is 19.5. The summed E-state index contributed by atoms with van der Waals surface area (Å²) in [5, 5.41) is 2.99. The van der Waals surface area contributed by atoms with Gasteiger partial charge in [-0.2, -0.15) is 0 Å². The molecule has 0 spiro atoms. The van der Waals surface area contributed by atoms with E-state index in [1.54, 1.807) is 6.20 Å². The maximum atomic E-state index is 12.8. The van der Waals surface area contributed by atoms with E-state index in [2.05, 4.69) is 21.3 Å². The van der Waals surface area contributed by atoms with E-state index in [0.29, 0.717) is 5.69 Å². The summed E-state index contributed by atoms with van der Waals surface area (Å²) in [5.41, 5.74) is 4.37. The maximum absolute atomic E-state index is 12.8. The number of carbonyl (C=O) groups is 1. The van der Waals surface area contributed by atoms with Crippen molar-refractivity contribution in [2.75, 3.05) is 38.2 Å². The van der Waals surface area contributed by atoms with Crippen molar-refractivity contribution in [3.05, 3.63) is 65.6 Å². The molecule has 6 nitrogen and oxygen atoms in total. The second-order valence-corrected chi connectivity index (χ2v) is 6.88. The second-order valence-electron chi connectivity index (χ2n) is 6.88. The van der Waals surface area contributed by atoms with Gasteiger partial charge in [0.25, 0.3) is 5.91 Å². The van der Waals surface area contributed by atoms with Gasteiger partial charge in [-0.1, -0.05) is 24.3 Å². The average Bonchev–Trinajstić information content (AvgIpc) is 3.12. The first-order valence-electron chi connectivity index (χ1n) is 9.34. The number of imidazole rings is 1. The van der Waals surface area contributed by atoms with E-state index in [-0.39, 0.29) is 5.91 Å². The van der Waals surface area contributed by atoms with E-state index in [1.165, 1.54) is 5.56 Å². The number of aromatic nitrogens is 2. The normalized spacial score (nSPS) is 15.1. The van der Waals surface area contributed by atoms with Gasteiger partial charge >= 0.3 is 0 Å². The van der Waals surface area contributed by atoms with Crippen molar-refractivity contribution in [3.8, 4) is 0 Å². The van der Waals surface area contributed by atoms with Gasteiger partial charge in [-0.05, 0) is 36.6 Å². The zero-order chi connectivity index (χ0) is 18.6. The van der Waals surface area contributed by atoms with Crippen molar-refractivity contribution in [2.45, 2.75) is 13.3 Å². The number of fused-ring (bicyclic) bond motifs is 1.